The topological polar surface area (TPSA) is 92.4 Å². The normalized spacial score (nSPS) is 25.2. The van der Waals surface area contributed by atoms with E-state index in [1.54, 1.807) is 6.20 Å². The van der Waals surface area contributed by atoms with Gasteiger partial charge in [-0.1, -0.05) is 0 Å². The van der Waals surface area contributed by atoms with Crippen LogP contribution in [0.3, 0.4) is 0 Å². The number of nitrogens with one attached hydrogen (secondary N) is 1. The van der Waals surface area contributed by atoms with Gasteiger partial charge >= 0.3 is 6.18 Å². The van der Waals surface area contributed by atoms with Gasteiger partial charge in [0.05, 0.1) is 30.9 Å². The van der Waals surface area contributed by atoms with E-state index in [0.29, 0.717) is 25.9 Å². The molecule has 1 aliphatic carbocycles. The van der Waals surface area contributed by atoms with Gasteiger partial charge in [0, 0.05) is 43.7 Å². The summed E-state index contributed by atoms with van der Waals surface area (Å²) in [6, 6.07) is 2.08. The number of imidazole rings is 1. The molecule has 1 aliphatic rings. The van der Waals surface area contributed by atoms with E-state index in [1.165, 1.54) is 6.07 Å². The van der Waals surface area contributed by atoms with Gasteiger partial charge in [0.15, 0.2) is 0 Å². The molecule has 2 aromatic heterocycles. The van der Waals surface area contributed by atoms with E-state index in [0.717, 1.165) is 18.1 Å². The predicted octanol–water partition coefficient (Wildman–Crippen LogP) is 1.50. The van der Waals surface area contributed by atoms with Crippen LogP contribution in [-0.2, 0) is 19.8 Å². The Kier molecular flexibility index (Phi) is 5.92. The van der Waals surface area contributed by atoms with Gasteiger partial charge in [0.2, 0.25) is 5.88 Å². The lowest BCUT2D eigenvalue weighted by Crippen LogP contribution is -2.38. The minimum absolute atomic E-state index is 0.0624. The number of pyridine rings is 1. The first-order chi connectivity index (χ1) is 13.2. The average molecular weight is 400 g/mol. The summed E-state index contributed by atoms with van der Waals surface area (Å²) in [5.41, 5.74) is -1.42. The van der Waals surface area contributed by atoms with E-state index in [4.69, 9.17) is 4.74 Å². The third-order valence-electron chi connectivity index (χ3n) is 5.02. The summed E-state index contributed by atoms with van der Waals surface area (Å²) < 4.78 is 45.4. The SMILES string of the molecule is Cn1ccnc1CNCC1(COc2ccc(C(F)(F)F)cn2)CC(O)C(O)C1. The van der Waals surface area contributed by atoms with Crippen LogP contribution in [0.2, 0.25) is 0 Å². The third-order valence-corrected chi connectivity index (χ3v) is 5.02. The molecule has 28 heavy (non-hydrogen) atoms. The molecule has 3 N–H and O–H groups in total. The second-order valence-corrected chi connectivity index (χ2v) is 7.27. The summed E-state index contributed by atoms with van der Waals surface area (Å²) in [5.74, 6) is 0.895. The first kappa shape index (κ1) is 20.6. The Morgan fingerprint density at radius 2 is 1.96 bits per heavy atom. The van der Waals surface area contributed by atoms with Gasteiger partial charge in [-0.3, -0.25) is 0 Å². The van der Waals surface area contributed by atoms with Crippen LogP contribution in [0.15, 0.2) is 30.7 Å². The summed E-state index contributed by atoms with van der Waals surface area (Å²) >= 11 is 0. The van der Waals surface area contributed by atoms with Crippen molar-refractivity contribution in [3.05, 3.63) is 42.1 Å². The molecule has 2 unspecified atom stereocenters. The molecule has 154 valence electrons. The highest BCUT2D eigenvalue weighted by atomic mass is 19.4. The number of ether oxygens (including phenoxy) is 1. The molecule has 0 saturated heterocycles. The Balaban J connectivity index is 1.62. The molecule has 0 radical (unpaired) electrons. The van der Waals surface area contributed by atoms with E-state index >= 15 is 0 Å². The molecule has 0 amide bonds. The van der Waals surface area contributed by atoms with Gasteiger partial charge < -0.3 is 24.8 Å². The fraction of sp³-hybridized carbons (Fsp3) is 0.556. The van der Waals surface area contributed by atoms with Crippen LogP contribution in [-0.4, -0.2) is 50.1 Å². The van der Waals surface area contributed by atoms with Crippen LogP contribution in [0, 0.1) is 5.41 Å². The van der Waals surface area contributed by atoms with Gasteiger partial charge in [-0.2, -0.15) is 13.2 Å². The van der Waals surface area contributed by atoms with Crippen LogP contribution >= 0.6 is 0 Å². The van der Waals surface area contributed by atoms with Crippen LogP contribution in [0.1, 0.15) is 24.2 Å². The number of hydrogen-bond donors (Lipinski definition) is 3. The fourth-order valence-electron chi connectivity index (χ4n) is 3.42. The summed E-state index contributed by atoms with van der Waals surface area (Å²) in [4.78, 5) is 7.93. The summed E-state index contributed by atoms with van der Waals surface area (Å²) in [6.45, 7) is 1.04. The van der Waals surface area contributed by atoms with Gasteiger partial charge in [0.25, 0.3) is 0 Å². The lowest BCUT2D eigenvalue weighted by atomic mass is 9.86. The van der Waals surface area contributed by atoms with Gasteiger partial charge in [-0.05, 0) is 18.9 Å². The molecular weight excluding hydrogens is 377 g/mol. The molecule has 10 heteroatoms. The van der Waals surface area contributed by atoms with Gasteiger partial charge in [0.1, 0.15) is 5.82 Å². The Labute approximate surface area is 160 Å². The van der Waals surface area contributed by atoms with Gasteiger partial charge in [-0.25, -0.2) is 9.97 Å². The number of rotatable bonds is 7. The van der Waals surface area contributed by atoms with Crippen molar-refractivity contribution in [3.8, 4) is 5.88 Å². The highest BCUT2D eigenvalue weighted by Crippen LogP contribution is 2.39. The maximum atomic E-state index is 12.6. The number of hydrogen-bond acceptors (Lipinski definition) is 6. The standard InChI is InChI=1S/C18H23F3N4O3/c1-25-5-4-23-15(25)9-22-10-17(6-13(26)14(27)7-17)11-28-16-3-2-12(8-24-16)18(19,20)21/h2-5,8,13-14,22,26-27H,6-7,9-11H2,1H3. The highest BCUT2D eigenvalue weighted by molar-refractivity contribution is 5.20. The van der Waals surface area contributed by atoms with E-state index in [-0.39, 0.29) is 12.5 Å². The number of aliphatic hydroxyl groups is 2. The molecule has 2 heterocycles. The second kappa shape index (κ2) is 8.06. The van der Waals surface area contributed by atoms with Crippen molar-refractivity contribution in [2.45, 2.75) is 37.8 Å². The highest BCUT2D eigenvalue weighted by Gasteiger charge is 2.44. The number of nitrogens with zero attached hydrogens (tertiary/aromatic N) is 3. The van der Waals surface area contributed by atoms with Crippen LogP contribution in [0.5, 0.6) is 5.88 Å². The number of aliphatic hydroxyl groups excluding tert-OH is 2. The summed E-state index contributed by atoms with van der Waals surface area (Å²) in [5, 5.41) is 23.2. The maximum Gasteiger partial charge on any atom is 0.417 e. The van der Waals surface area contributed by atoms with Gasteiger partial charge in [-0.15, -0.1) is 0 Å². The Bertz CT molecular complexity index is 769. The average Bonchev–Trinajstić information content (AvgIpc) is 3.16. The maximum absolute atomic E-state index is 12.6. The Morgan fingerprint density at radius 3 is 2.50 bits per heavy atom. The molecule has 1 saturated carbocycles. The molecule has 7 nitrogen and oxygen atoms in total. The molecule has 0 aliphatic heterocycles. The monoisotopic (exact) mass is 400 g/mol. The lowest BCUT2D eigenvalue weighted by molar-refractivity contribution is -0.137. The first-order valence-electron chi connectivity index (χ1n) is 8.88. The van der Waals surface area contributed by atoms with E-state index in [9.17, 15) is 23.4 Å². The van der Waals surface area contributed by atoms with Crippen molar-refractivity contribution < 1.29 is 28.1 Å². The van der Waals surface area contributed by atoms with Crippen molar-refractivity contribution in [1.82, 2.24) is 19.9 Å². The molecule has 1 fully saturated rings. The minimum atomic E-state index is -4.46. The molecule has 3 rings (SSSR count). The Morgan fingerprint density at radius 1 is 1.25 bits per heavy atom. The van der Waals surface area contributed by atoms with Crippen molar-refractivity contribution in [3.63, 3.8) is 0 Å². The largest absolute Gasteiger partial charge is 0.477 e. The zero-order valence-corrected chi connectivity index (χ0v) is 15.4. The Hall–Kier alpha value is -2.17. The van der Waals surface area contributed by atoms with E-state index < -0.39 is 29.4 Å². The molecule has 0 aromatic carbocycles. The molecule has 2 atom stereocenters. The second-order valence-electron chi connectivity index (χ2n) is 7.27. The molecule has 2 aromatic rings. The van der Waals surface area contributed by atoms with Crippen LogP contribution in [0.25, 0.3) is 0 Å². The van der Waals surface area contributed by atoms with E-state index in [1.807, 2.05) is 17.8 Å². The summed E-state index contributed by atoms with van der Waals surface area (Å²) in [6.07, 6.45) is -1.35. The minimum Gasteiger partial charge on any atom is -0.477 e. The molecule has 0 spiro atoms. The zero-order valence-electron chi connectivity index (χ0n) is 15.4. The number of alkyl halides is 3. The third kappa shape index (κ3) is 4.81. The number of halogens is 3. The smallest absolute Gasteiger partial charge is 0.417 e. The number of aryl methyl sites for hydroxylation is 1. The number of aromatic nitrogens is 3. The zero-order chi connectivity index (χ0) is 20.4. The van der Waals surface area contributed by atoms with Crippen LogP contribution in [0.4, 0.5) is 13.2 Å². The predicted molar refractivity (Wildman–Crippen MR) is 93.3 cm³/mol. The van der Waals surface area contributed by atoms with Crippen molar-refractivity contribution >= 4 is 0 Å². The summed E-state index contributed by atoms with van der Waals surface area (Å²) in [7, 11) is 1.88. The van der Waals surface area contributed by atoms with Crippen molar-refractivity contribution in [2.75, 3.05) is 13.2 Å². The van der Waals surface area contributed by atoms with Crippen molar-refractivity contribution in [1.29, 1.82) is 0 Å². The quantitative estimate of drug-likeness (QED) is 0.653. The van der Waals surface area contributed by atoms with Crippen molar-refractivity contribution in [2.24, 2.45) is 12.5 Å². The molecular formula is C18H23F3N4O3. The first-order valence-corrected chi connectivity index (χ1v) is 8.88. The van der Waals surface area contributed by atoms with Crippen LogP contribution < -0.4 is 10.1 Å². The molecule has 0 bridgehead atoms. The lowest BCUT2D eigenvalue weighted by Gasteiger charge is -2.29. The van der Waals surface area contributed by atoms with E-state index in [2.05, 4.69) is 15.3 Å². The fourth-order valence-corrected chi connectivity index (χ4v) is 3.42.